The SMILES string of the molecule is CC(=O)[O-].CCCCCCCCCCCCC([NH3+])CCCCCCCCCCCC. The largest absolute Gasteiger partial charge is 0.550 e. The van der Waals surface area contributed by atoms with Crippen molar-refractivity contribution >= 4 is 5.97 Å². The van der Waals surface area contributed by atoms with E-state index in [0.29, 0.717) is 0 Å². The molecule has 0 rings (SSSR count). The highest BCUT2D eigenvalue weighted by Gasteiger charge is 2.05. The van der Waals surface area contributed by atoms with Gasteiger partial charge in [-0.25, -0.2) is 0 Å². The van der Waals surface area contributed by atoms with Gasteiger partial charge in [0.1, 0.15) is 0 Å². The van der Waals surface area contributed by atoms with Gasteiger partial charge in [-0.15, -0.1) is 0 Å². The molecule has 0 radical (unpaired) electrons. The third-order valence-corrected chi connectivity index (χ3v) is 5.93. The molecular formula is C27H57NO2. The summed E-state index contributed by atoms with van der Waals surface area (Å²) < 4.78 is 0. The van der Waals surface area contributed by atoms with Gasteiger partial charge in [-0.05, 0) is 32.6 Å². The molecule has 3 nitrogen and oxygen atoms in total. The average molecular weight is 428 g/mol. The number of hydrogen-bond acceptors (Lipinski definition) is 2. The Morgan fingerprint density at radius 1 is 0.567 bits per heavy atom. The highest BCUT2D eigenvalue weighted by molar-refractivity contribution is 5.60. The second kappa shape index (κ2) is 28.4. The van der Waals surface area contributed by atoms with Crippen molar-refractivity contribution in [3.05, 3.63) is 0 Å². The molecule has 0 aliphatic carbocycles. The lowest BCUT2D eigenvalue weighted by atomic mass is 10.00. The Hall–Kier alpha value is -0.570. The first-order valence-electron chi connectivity index (χ1n) is 13.5. The van der Waals surface area contributed by atoms with Crippen molar-refractivity contribution in [1.29, 1.82) is 0 Å². The van der Waals surface area contributed by atoms with E-state index in [4.69, 9.17) is 9.90 Å². The van der Waals surface area contributed by atoms with Crippen molar-refractivity contribution in [3.63, 3.8) is 0 Å². The van der Waals surface area contributed by atoms with Gasteiger partial charge in [0.05, 0.1) is 6.04 Å². The van der Waals surface area contributed by atoms with Crippen LogP contribution in [0.1, 0.15) is 162 Å². The van der Waals surface area contributed by atoms with Crippen LogP contribution in [0.25, 0.3) is 0 Å². The van der Waals surface area contributed by atoms with E-state index in [-0.39, 0.29) is 0 Å². The molecule has 0 aliphatic heterocycles. The lowest BCUT2D eigenvalue weighted by Crippen LogP contribution is -2.60. The summed E-state index contributed by atoms with van der Waals surface area (Å²) in [6, 6.07) is 0.720. The van der Waals surface area contributed by atoms with Crippen molar-refractivity contribution < 1.29 is 15.6 Å². The highest BCUT2D eigenvalue weighted by Crippen LogP contribution is 2.14. The fourth-order valence-corrected chi connectivity index (χ4v) is 3.99. The number of aliphatic carboxylic acids is 1. The molecule has 0 bridgehead atoms. The zero-order valence-corrected chi connectivity index (χ0v) is 21.2. The zero-order valence-electron chi connectivity index (χ0n) is 21.2. The lowest BCUT2D eigenvalue weighted by molar-refractivity contribution is -0.423. The predicted molar refractivity (Wildman–Crippen MR) is 130 cm³/mol. The summed E-state index contributed by atoms with van der Waals surface area (Å²) in [5.41, 5.74) is 4.39. The number of quaternary nitrogens is 1. The van der Waals surface area contributed by atoms with E-state index >= 15 is 0 Å². The van der Waals surface area contributed by atoms with E-state index < -0.39 is 5.97 Å². The number of carbonyl (C=O) groups is 1. The molecule has 0 aromatic carbocycles. The second-order valence-electron chi connectivity index (χ2n) is 9.30. The van der Waals surface area contributed by atoms with Crippen LogP contribution in [-0.4, -0.2) is 12.0 Å². The molecule has 0 aromatic heterocycles. The van der Waals surface area contributed by atoms with E-state index in [1.807, 2.05) is 0 Å². The molecule has 0 aromatic rings. The van der Waals surface area contributed by atoms with Gasteiger partial charge in [-0.1, -0.05) is 129 Å². The number of carboxylic acids is 1. The Kier molecular flexibility index (Phi) is 30.0. The molecule has 3 N–H and O–H groups in total. The van der Waals surface area contributed by atoms with Gasteiger partial charge in [0.2, 0.25) is 0 Å². The second-order valence-corrected chi connectivity index (χ2v) is 9.30. The van der Waals surface area contributed by atoms with Crippen molar-refractivity contribution in [1.82, 2.24) is 0 Å². The molecule has 0 saturated carbocycles. The lowest BCUT2D eigenvalue weighted by Gasteiger charge is -2.08. The molecule has 0 spiro atoms. The van der Waals surface area contributed by atoms with Gasteiger partial charge in [-0.3, -0.25) is 0 Å². The fraction of sp³-hybridized carbons (Fsp3) is 0.963. The van der Waals surface area contributed by atoms with Crippen LogP contribution in [0.4, 0.5) is 0 Å². The summed E-state index contributed by atoms with van der Waals surface area (Å²) in [6.45, 7) is 5.57. The standard InChI is InChI=1S/C25H53N.C2H4O2/c1-3-5-7-9-11-13-15-17-19-21-23-25(26)24-22-20-18-16-14-12-10-8-6-4-2;1-2(3)4/h25H,3-24,26H2,1-2H3;1H3,(H,3,4). The van der Waals surface area contributed by atoms with Gasteiger partial charge in [0.15, 0.2) is 0 Å². The third-order valence-electron chi connectivity index (χ3n) is 5.93. The first kappa shape index (κ1) is 31.6. The molecule has 0 aliphatic rings. The number of carbonyl (C=O) groups excluding carboxylic acids is 1. The van der Waals surface area contributed by atoms with E-state index in [9.17, 15) is 0 Å². The predicted octanol–water partition coefficient (Wildman–Crippen LogP) is 6.98. The van der Waals surface area contributed by atoms with Crippen molar-refractivity contribution in [3.8, 4) is 0 Å². The van der Waals surface area contributed by atoms with E-state index in [2.05, 4.69) is 19.6 Å². The Morgan fingerprint density at radius 3 is 1.00 bits per heavy atom. The van der Waals surface area contributed by atoms with Crippen LogP contribution in [0, 0.1) is 0 Å². The molecule has 0 unspecified atom stereocenters. The molecule has 30 heavy (non-hydrogen) atoms. The summed E-state index contributed by atoms with van der Waals surface area (Å²) in [5.74, 6) is -1.08. The van der Waals surface area contributed by atoms with E-state index in [0.717, 1.165) is 13.0 Å². The van der Waals surface area contributed by atoms with Crippen LogP contribution in [0.5, 0.6) is 0 Å². The maximum Gasteiger partial charge on any atom is 0.0843 e. The molecule has 182 valence electrons. The molecule has 0 saturated heterocycles. The fourth-order valence-electron chi connectivity index (χ4n) is 3.99. The summed E-state index contributed by atoms with van der Waals surface area (Å²) in [5, 5.41) is 8.89. The van der Waals surface area contributed by atoms with E-state index in [1.165, 1.54) is 141 Å². The van der Waals surface area contributed by atoms with Gasteiger partial charge in [-0.2, -0.15) is 0 Å². The van der Waals surface area contributed by atoms with Crippen LogP contribution >= 0.6 is 0 Å². The number of carboxylic acid groups (broad SMARTS) is 1. The molecule has 3 heteroatoms. The Labute approximate surface area is 190 Å². The topological polar surface area (TPSA) is 67.8 Å². The molecular weight excluding hydrogens is 370 g/mol. The van der Waals surface area contributed by atoms with Gasteiger partial charge < -0.3 is 15.6 Å². The Morgan fingerprint density at radius 2 is 0.767 bits per heavy atom. The summed E-state index contributed by atoms with van der Waals surface area (Å²) >= 11 is 0. The third kappa shape index (κ3) is 34.9. The van der Waals surface area contributed by atoms with Crippen molar-refractivity contribution in [2.24, 2.45) is 0 Å². The first-order valence-corrected chi connectivity index (χ1v) is 13.5. The van der Waals surface area contributed by atoms with E-state index in [1.54, 1.807) is 0 Å². The van der Waals surface area contributed by atoms with Crippen molar-refractivity contribution in [2.45, 2.75) is 168 Å². The highest BCUT2D eigenvalue weighted by atomic mass is 16.4. The normalized spacial score (nSPS) is 10.8. The number of unbranched alkanes of at least 4 members (excludes halogenated alkanes) is 18. The average Bonchev–Trinajstić information content (AvgIpc) is 2.70. The smallest absolute Gasteiger partial charge is 0.0843 e. The maximum absolute atomic E-state index is 8.89. The van der Waals surface area contributed by atoms with Crippen LogP contribution in [0.2, 0.25) is 0 Å². The van der Waals surface area contributed by atoms with Crippen molar-refractivity contribution in [2.75, 3.05) is 0 Å². The minimum Gasteiger partial charge on any atom is -0.550 e. The van der Waals surface area contributed by atoms with Gasteiger partial charge in [0, 0.05) is 5.97 Å². The van der Waals surface area contributed by atoms with Crippen LogP contribution in [0.15, 0.2) is 0 Å². The van der Waals surface area contributed by atoms with Crippen LogP contribution in [-0.2, 0) is 4.79 Å². The molecule has 0 heterocycles. The van der Waals surface area contributed by atoms with Crippen LogP contribution in [0.3, 0.4) is 0 Å². The maximum atomic E-state index is 8.89. The van der Waals surface area contributed by atoms with Gasteiger partial charge >= 0.3 is 0 Å². The Balaban J connectivity index is 0. The molecule has 0 atom stereocenters. The summed E-state index contributed by atoms with van der Waals surface area (Å²) in [4.78, 5) is 8.89. The monoisotopic (exact) mass is 427 g/mol. The minimum absolute atomic E-state index is 0.720. The number of rotatable bonds is 22. The Bertz CT molecular complexity index is 292. The minimum atomic E-state index is -1.08. The van der Waals surface area contributed by atoms with Crippen LogP contribution < -0.4 is 10.8 Å². The quantitative estimate of drug-likeness (QED) is 0.189. The first-order chi connectivity index (χ1) is 14.5. The summed E-state index contributed by atoms with van der Waals surface area (Å²) in [7, 11) is 0. The molecule has 0 amide bonds. The number of hydrogen-bond donors (Lipinski definition) is 1. The summed E-state index contributed by atoms with van der Waals surface area (Å²) in [6.07, 6.45) is 31.6. The van der Waals surface area contributed by atoms with Gasteiger partial charge in [0.25, 0.3) is 0 Å². The zero-order chi connectivity index (χ0) is 22.7. The molecule has 0 fully saturated rings.